The summed E-state index contributed by atoms with van der Waals surface area (Å²) in [7, 11) is 1.53. The lowest BCUT2D eigenvalue weighted by molar-refractivity contribution is -0.139. The first-order valence-electron chi connectivity index (χ1n) is 5.49. The SMILES string of the molecule is CC(=O)NC(C(=O)N(C)CCC(=O)O)C(C)C. The normalized spacial score (nSPS) is 12.1. The van der Waals surface area contributed by atoms with Crippen LogP contribution in [0.15, 0.2) is 0 Å². The van der Waals surface area contributed by atoms with E-state index in [4.69, 9.17) is 5.11 Å². The lowest BCUT2D eigenvalue weighted by Gasteiger charge is -2.26. The summed E-state index contributed by atoms with van der Waals surface area (Å²) in [4.78, 5) is 34.7. The molecular weight excluding hydrogens is 224 g/mol. The monoisotopic (exact) mass is 244 g/mol. The number of aliphatic carboxylic acids is 1. The van der Waals surface area contributed by atoms with Crippen LogP contribution in [0.4, 0.5) is 0 Å². The molecule has 1 atom stereocenters. The van der Waals surface area contributed by atoms with E-state index in [0.717, 1.165) is 0 Å². The standard InChI is InChI=1S/C11H20N2O4/c1-7(2)10(12-8(3)14)11(17)13(4)6-5-9(15)16/h7,10H,5-6H2,1-4H3,(H,12,14)(H,15,16). The topological polar surface area (TPSA) is 86.7 Å². The molecule has 0 spiro atoms. The Morgan fingerprint density at radius 3 is 2.18 bits per heavy atom. The third-order valence-electron chi connectivity index (χ3n) is 2.33. The van der Waals surface area contributed by atoms with Gasteiger partial charge in [0.25, 0.3) is 0 Å². The zero-order valence-corrected chi connectivity index (χ0v) is 10.7. The van der Waals surface area contributed by atoms with Gasteiger partial charge < -0.3 is 15.3 Å². The Balaban J connectivity index is 4.49. The Morgan fingerprint density at radius 2 is 1.82 bits per heavy atom. The van der Waals surface area contributed by atoms with E-state index in [1.807, 2.05) is 13.8 Å². The molecule has 0 aromatic carbocycles. The molecule has 0 aliphatic heterocycles. The minimum Gasteiger partial charge on any atom is -0.481 e. The van der Waals surface area contributed by atoms with Gasteiger partial charge >= 0.3 is 5.97 Å². The summed E-state index contributed by atoms with van der Waals surface area (Å²) in [6.45, 7) is 5.13. The number of carbonyl (C=O) groups is 3. The second-order valence-electron chi connectivity index (χ2n) is 4.33. The van der Waals surface area contributed by atoms with Gasteiger partial charge in [-0.3, -0.25) is 14.4 Å². The quantitative estimate of drug-likeness (QED) is 0.692. The molecule has 0 aromatic heterocycles. The number of nitrogens with one attached hydrogen (secondary N) is 1. The number of hydrogen-bond acceptors (Lipinski definition) is 3. The van der Waals surface area contributed by atoms with Crippen molar-refractivity contribution in [3.8, 4) is 0 Å². The van der Waals surface area contributed by atoms with Crippen LogP contribution >= 0.6 is 0 Å². The van der Waals surface area contributed by atoms with Gasteiger partial charge in [0.1, 0.15) is 6.04 Å². The van der Waals surface area contributed by atoms with Crippen LogP contribution in [0.3, 0.4) is 0 Å². The molecule has 98 valence electrons. The van der Waals surface area contributed by atoms with Crippen molar-refractivity contribution < 1.29 is 19.5 Å². The molecule has 0 fully saturated rings. The van der Waals surface area contributed by atoms with Crippen molar-refractivity contribution in [2.45, 2.75) is 33.2 Å². The fourth-order valence-electron chi connectivity index (χ4n) is 1.34. The van der Waals surface area contributed by atoms with Crippen molar-refractivity contribution >= 4 is 17.8 Å². The van der Waals surface area contributed by atoms with Gasteiger partial charge in [-0.15, -0.1) is 0 Å². The van der Waals surface area contributed by atoms with Gasteiger partial charge in [0.05, 0.1) is 6.42 Å². The molecule has 0 saturated heterocycles. The third-order valence-corrected chi connectivity index (χ3v) is 2.33. The van der Waals surface area contributed by atoms with Crippen LogP contribution in [-0.2, 0) is 14.4 Å². The van der Waals surface area contributed by atoms with Gasteiger partial charge in [-0.2, -0.15) is 0 Å². The molecule has 0 radical (unpaired) electrons. The molecule has 0 aliphatic rings. The number of carboxylic acids is 1. The maximum atomic E-state index is 12.0. The number of rotatable bonds is 6. The summed E-state index contributed by atoms with van der Waals surface area (Å²) in [5.41, 5.74) is 0. The minimum absolute atomic E-state index is 0.0429. The Labute approximate surface area is 101 Å². The van der Waals surface area contributed by atoms with Crippen LogP contribution < -0.4 is 5.32 Å². The van der Waals surface area contributed by atoms with Crippen LogP contribution in [0, 0.1) is 5.92 Å². The average molecular weight is 244 g/mol. The molecule has 0 aliphatic carbocycles. The zero-order valence-electron chi connectivity index (χ0n) is 10.7. The minimum atomic E-state index is -0.953. The van der Waals surface area contributed by atoms with E-state index >= 15 is 0 Å². The van der Waals surface area contributed by atoms with Crippen LogP contribution in [-0.4, -0.2) is 47.4 Å². The fourth-order valence-corrected chi connectivity index (χ4v) is 1.34. The molecule has 2 amide bonds. The summed E-state index contributed by atoms with van der Waals surface area (Å²) in [5, 5.41) is 11.1. The first-order valence-corrected chi connectivity index (χ1v) is 5.49. The molecular formula is C11H20N2O4. The molecule has 6 heteroatoms. The summed E-state index contributed by atoms with van der Waals surface area (Å²) in [6.07, 6.45) is -0.104. The van der Waals surface area contributed by atoms with Crippen molar-refractivity contribution in [2.24, 2.45) is 5.92 Å². The highest BCUT2D eigenvalue weighted by atomic mass is 16.4. The third kappa shape index (κ3) is 5.89. The van der Waals surface area contributed by atoms with Crippen molar-refractivity contribution in [3.05, 3.63) is 0 Å². The van der Waals surface area contributed by atoms with Crippen molar-refractivity contribution in [1.82, 2.24) is 10.2 Å². The van der Waals surface area contributed by atoms with E-state index < -0.39 is 12.0 Å². The predicted octanol–water partition coefficient (Wildman–Crippen LogP) is 0.0802. The van der Waals surface area contributed by atoms with E-state index in [2.05, 4.69) is 5.32 Å². The van der Waals surface area contributed by atoms with Crippen molar-refractivity contribution in [1.29, 1.82) is 0 Å². The summed E-state index contributed by atoms with van der Waals surface area (Å²) < 4.78 is 0. The largest absolute Gasteiger partial charge is 0.481 e. The maximum Gasteiger partial charge on any atom is 0.305 e. The number of likely N-dealkylation sites (N-methyl/N-ethyl adjacent to an activating group) is 1. The summed E-state index contributed by atoms with van der Waals surface area (Å²) >= 11 is 0. The molecule has 0 heterocycles. The zero-order chi connectivity index (χ0) is 13.6. The second kappa shape index (κ2) is 6.88. The molecule has 2 N–H and O–H groups in total. The van der Waals surface area contributed by atoms with Gasteiger partial charge in [0.2, 0.25) is 11.8 Å². The van der Waals surface area contributed by atoms with E-state index in [1.165, 1.54) is 18.9 Å². The Morgan fingerprint density at radius 1 is 1.29 bits per heavy atom. The van der Waals surface area contributed by atoms with E-state index in [0.29, 0.717) is 0 Å². The van der Waals surface area contributed by atoms with E-state index in [1.54, 1.807) is 0 Å². The first-order chi connectivity index (χ1) is 7.75. The van der Waals surface area contributed by atoms with Crippen LogP contribution in [0.5, 0.6) is 0 Å². The Hall–Kier alpha value is -1.59. The average Bonchev–Trinajstić information content (AvgIpc) is 2.20. The van der Waals surface area contributed by atoms with Crippen LogP contribution in [0.2, 0.25) is 0 Å². The van der Waals surface area contributed by atoms with Gasteiger partial charge in [0.15, 0.2) is 0 Å². The Bertz CT molecular complexity index is 302. The number of carbonyl (C=O) groups excluding carboxylic acids is 2. The molecule has 1 unspecified atom stereocenters. The van der Waals surface area contributed by atoms with Crippen LogP contribution in [0.25, 0.3) is 0 Å². The molecule has 0 saturated carbocycles. The number of carboxylic acid groups (broad SMARTS) is 1. The smallest absolute Gasteiger partial charge is 0.305 e. The van der Waals surface area contributed by atoms with E-state index in [9.17, 15) is 14.4 Å². The molecule has 0 bridgehead atoms. The molecule has 0 aromatic rings. The predicted molar refractivity (Wildman–Crippen MR) is 62.3 cm³/mol. The highest BCUT2D eigenvalue weighted by Gasteiger charge is 2.25. The number of amides is 2. The van der Waals surface area contributed by atoms with Crippen LogP contribution in [0.1, 0.15) is 27.2 Å². The lowest BCUT2D eigenvalue weighted by atomic mass is 10.0. The fraction of sp³-hybridized carbons (Fsp3) is 0.727. The first kappa shape index (κ1) is 15.4. The molecule has 0 rings (SSSR count). The van der Waals surface area contributed by atoms with Crippen molar-refractivity contribution in [3.63, 3.8) is 0 Å². The molecule has 6 nitrogen and oxygen atoms in total. The highest BCUT2D eigenvalue weighted by molar-refractivity contribution is 5.87. The highest BCUT2D eigenvalue weighted by Crippen LogP contribution is 2.05. The summed E-state index contributed by atoms with van der Waals surface area (Å²) in [5.74, 6) is -1.54. The van der Waals surface area contributed by atoms with Crippen molar-refractivity contribution in [2.75, 3.05) is 13.6 Å². The second-order valence-corrected chi connectivity index (χ2v) is 4.33. The lowest BCUT2D eigenvalue weighted by Crippen LogP contribution is -2.49. The van der Waals surface area contributed by atoms with Gasteiger partial charge in [0, 0.05) is 20.5 Å². The molecule has 17 heavy (non-hydrogen) atoms. The van der Waals surface area contributed by atoms with Gasteiger partial charge in [-0.1, -0.05) is 13.8 Å². The number of hydrogen-bond donors (Lipinski definition) is 2. The maximum absolute atomic E-state index is 12.0. The summed E-state index contributed by atoms with van der Waals surface area (Å²) in [6, 6.07) is -0.605. The van der Waals surface area contributed by atoms with Gasteiger partial charge in [-0.25, -0.2) is 0 Å². The van der Waals surface area contributed by atoms with Gasteiger partial charge in [-0.05, 0) is 5.92 Å². The number of nitrogens with zero attached hydrogens (tertiary/aromatic N) is 1. The Kier molecular flexibility index (Phi) is 6.23. The van der Waals surface area contributed by atoms with E-state index in [-0.39, 0.29) is 30.7 Å².